The zero-order valence-corrected chi connectivity index (χ0v) is 11.9. The van der Waals surface area contributed by atoms with Gasteiger partial charge in [0, 0.05) is 10.6 Å². The SMILES string of the molecule is C[C@H](NS(C)(=O)=O)c1noc(-c2ccc(Cl)cc2)n1. The van der Waals surface area contributed by atoms with E-state index in [1.165, 1.54) is 0 Å². The van der Waals surface area contributed by atoms with Crippen LogP contribution in [-0.4, -0.2) is 24.8 Å². The molecular weight excluding hydrogens is 290 g/mol. The van der Waals surface area contributed by atoms with E-state index in [1.807, 2.05) is 0 Å². The van der Waals surface area contributed by atoms with Crippen molar-refractivity contribution in [1.82, 2.24) is 14.9 Å². The predicted octanol–water partition coefficient (Wildman–Crippen LogP) is 2.00. The van der Waals surface area contributed by atoms with Crippen molar-refractivity contribution in [3.8, 4) is 11.5 Å². The van der Waals surface area contributed by atoms with Crippen molar-refractivity contribution in [2.45, 2.75) is 13.0 Å². The zero-order valence-electron chi connectivity index (χ0n) is 10.3. The van der Waals surface area contributed by atoms with Crippen LogP contribution in [0.25, 0.3) is 11.5 Å². The van der Waals surface area contributed by atoms with E-state index < -0.39 is 16.1 Å². The van der Waals surface area contributed by atoms with Crippen molar-refractivity contribution in [2.75, 3.05) is 6.26 Å². The topological polar surface area (TPSA) is 85.1 Å². The first kappa shape index (κ1) is 14.0. The van der Waals surface area contributed by atoms with Crippen LogP contribution in [0.5, 0.6) is 0 Å². The second-order valence-electron chi connectivity index (χ2n) is 4.08. The zero-order chi connectivity index (χ0) is 14.0. The van der Waals surface area contributed by atoms with E-state index >= 15 is 0 Å². The maximum absolute atomic E-state index is 11.1. The Bertz CT molecular complexity index is 667. The van der Waals surface area contributed by atoms with E-state index in [-0.39, 0.29) is 5.82 Å². The molecule has 0 aliphatic carbocycles. The monoisotopic (exact) mass is 301 g/mol. The maximum atomic E-state index is 11.1. The van der Waals surface area contributed by atoms with Gasteiger partial charge in [-0.05, 0) is 31.2 Å². The molecule has 6 nitrogen and oxygen atoms in total. The number of nitrogens with one attached hydrogen (secondary N) is 1. The van der Waals surface area contributed by atoms with E-state index in [2.05, 4.69) is 14.9 Å². The van der Waals surface area contributed by atoms with Crippen LogP contribution in [0, 0.1) is 0 Å². The minimum absolute atomic E-state index is 0.273. The molecule has 1 aromatic heterocycles. The highest BCUT2D eigenvalue weighted by Gasteiger charge is 2.17. The van der Waals surface area contributed by atoms with Gasteiger partial charge < -0.3 is 4.52 Å². The van der Waals surface area contributed by atoms with Crippen LogP contribution in [0.1, 0.15) is 18.8 Å². The van der Waals surface area contributed by atoms with Gasteiger partial charge in [0.25, 0.3) is 5.89 Å². The Hall–Kier alpha value is -1.44. The Kier molecular flexibility index (Phi) is 3.88. The highest BCUT2D eigenvalue weighted by Crippen LogP contribution is 2.21. The van der Waals surface area contributed by atoms with Crippen molar-refractivity contribution in [3.05, 3.63) is 35.1 Å². The van der Waals surface area contributed by atoms with Crippen molar-refractivity contribution in [1.29, 1.82) is 0 Å². The number of halogens is 1. The molecule has 0 fully saturated rings. The molecule has 1 aromatic carbocycles. The molecule has 0 bridgehead atoms. The Morgan fingerprint density at radius 2 is 1.95 bits per heavy atom. The van der Waals surface area contributed by atoms with Gasteiger partial charge in [0.05, 0.1) is 12.3 Å². The summed E-state index contributed by atoms with van der Waals surface area (Å²) in [4.78, 5) is 4.15. The van der Waals surface area contributed by atoms with Crippen molar-refractivity contribution >= 4 is 21.6 Å². The normalized spacial score (nSPS) is 13.4. The maximum Gasteiger partial charge on any atom is 0.257 e. The third-order valence-corrected chi connectivity index (χ3v) is 3.34. The first-order valence-corrected chi connectivity index (χ1v) is 7.69. The molecule has 0 aliphatic heterocycles. The number of aromatic nitrogens is 2. The summed E-state index contributed by atoms with van der Waals surface area (Å²) in [5.74, 6) is 0.587. The molecule has 1 heterocycles. The van der Waals surface area contributed by atoms with Gasteiger partial charge in [-0.25, -0.2) is 13.1 Å². The molecule has 8 heteroatoms. The number of rotatable bonds is 4. The first-order valence-electron chi connectivity index (χ1n) is 5.42. The standard InChI is InChI=1S/C11H12ClN3O3S/c1-7(15-19(2,16)17)10-13-11(18-14-10)8-3-5-9(12)6-4-8/h3-7,15H,1-2H3/t7-/m0/s1. The van der Waals surface area contributed by atoms with E-state index in [0.29, 0.717) is 10.9 Å². The smallest absolute Gasteiger partial charge is 0.257 e. The Balaban J connectivity index is 2.21. The molecule has 2 aromatic rings. The van der Waals surface area contributed by atoms with Crippen LogP contribution < -0.4 is 4.72 Å². The molecule has 0 saturated carbocycles. The molecule has 0 aliphatic rings. The summed E-state index contributed by atoms with van der Waals surface area (Å²) in [5, 5.41) is 4.36. The van der Waals surface area contributed by atoms with Crippen LogP contribution in [0.2, 0.25) is 5.02 Å². The average Bonchev–Trinajstić information content (AvgIpc) is 2.77. The van der Waals surface area contributed by atoms with Gasteiger partial charge in [0.1, 0.15) is 0 Å². The van der Waals surface area contributed by atoms with E-state index in [9.17, 15) is 8.42 Å². The van der Waals surface area contributed by atoms with Gasteiger partial charge in [0.2, 0.25) is 10.0 Å². The minimum Gasteiger partial charge on any atom is -0.334 e. The van der Waals surface area contributed by atoms with E-state index in [0.717, 1.165) is 11.8 Å². The van der Waals surface area contributed by atoms with Gasteiger partial charge in [-0.1, -0.05) is 16.8 Å². The van der Waals surface area contributed by atoms with Crippen molar-refractivity contribution in [2.24, 2.45) is 0 Å². The predicted molar refractivity (Wildman–Crippen MR) is 71.1 cm³/mol. The lowest BCUT2D eigenvalue weighted by molar-refractivity contribution is 0.415. The molecule has 0 saturated heterocycles. The fourth-order valence-corrected chi connectivity index (χ4v) is 2.37. The largest absolute Gasteiger partial charge is 0.334 e. The molecule has 1 N–H and O–H groups in total. The first-order chi connectivity index (χ1) is 8.85. The van der Waals surface area contributed by atoms with Crippen molar-refractivity contribution < 1.29 is 12.9 Å². The molecule has 102 valence electrons. The Morgan fingerprint density at radius 3 is 2.53 bits per heavy atom. The van der Waals surface area contributed by atoms with Crippen molar-refractivity contribution in [3.63, 3.8) is 0 Å². The quantitative estimate of drug-likeness (QED) is 0.933. The number of benzene rings is 1. The number of sulfonamides is 1. The second kappa shape index (κ2) is 5.28. The van der Waals surface area contributed by atoms with E-state index in [4.69, 9.17) is 16.1 Å². The summed E-state index contributed by atoms with van der Waals surface area (Å²) in [5.41, 5.74) is 0.717. The van der Waals surface area contributed by atoms with Gasteiger partial charge >= 0.3 is 0 Å². The molecular formula is C11H12ClN3O3S. The third kappa shape index (κ3) is 3.76. The molecule has 0 spiro atoms. The highest BCUT2D eigenvalue weighted by atomic mass is 35.5. The van der Waals surface area contributed by atoms with Crippen LogP contribution in [0.4, 0.5) is 0 Å². The average molecular weight is 302 g/mol. The molecule has 0 radical (unpaired) electrons. The van der Waals surface area contributed by atoms with Gasteiger partial charge in [0.15, 0.2) is 5.82 Å². The van der Waals surface area contributed by atoms with Crippen LogP contribution in [0.15, 0.2) is 28.8 Å². The van der Waals surface area contributed by atoms with Crippen LogP contribution >= 0.6 is 11.6 Å². The Morgan fingerprint density at radius 1 is 1.32 bits per heavy atom. The van der Waals surface area contributed by atoms with E-state index in [1.54, 1.807) is 31.2 Å². The number of hydrogen-bond donors (Lipinski definition) is 1. The lowest BCUT2D eigenvalue weighted by Gasteiger charge is -2.06. The summed E-state index contributed by atoms with van der Waals surface area (Å²) >= 11 is 5.78. The molecule has 0 unspecified atom stereocenters. The Labute approximate surface area is 115 Å². The fourth-order valence-electron chi connectivity index (χ4n) is 1.49. The summed E-state index contributed by atoms with van der Waals surface area (Å²) in [6.07, 6.45) is 1.07. The fraction of sp³-hybridized carbons (Fsp3) is 0.273. The lowest BCUT2D eigenvalue weighted by Crippen LogP contribution is -2.26. The van der Waals surface area contributed by atoms with Crippen LogP contribution in [0.3, 0.4) is 0 Å². The summed E-state index contributed by atoms with van der Waals surface area (Å²) in [7, 11) is -3.32. The number of hydrogen-bond acceptors (Lipinski definition) is 5. The second-order valence-corrected chi connectivity index (χ2v) is 6.29. The highest BCUT2D eigenvalue weighted by molar-refractivity contribution is 7.88. The third-order valence-electron chi connectivity index (χ3n) is 2.31. The van der Waals surface area contributed by atoms with Crippen LogP contribution in [-0.2, 0) is 10.0 Å². The molecule has 2 rings (SSSR count). The molecule has 0 amide bonds. The number of nitrogens with zero attached hydrogens (tertiary/aromatic N) is 2. The summed E-state index contributed by atoms with van der Waals surface area (Å²) in [6.45, 7) is 1.64. The lowest BCUT2D eigenvalue weighted by atomic mass is 10.2. The van der Waals surface area contributed by atoms with Gasteiger partial charge in [-0.2, -0.15) is 4.98 Å². The molecule has 19 heavy (non-hydrogen) atoms. The van der Waals surface area contributed by atoms with Gasteiger partial charge in [-0.15, -0.1) is 0 Å². The van der Waals surface area contributed by atoms with Gasteiger partial charge in [-0.3, -0.25) is 0 Å². The summed E-state index contributed by atoms with van der Waals surface area (Å²) < 4.78 is 29.7. The summed E-state index contributed by atoms with van der Waals surface area (Å²) in [6, 6.07) is 6.35. The minimum atomic E-state index is -3.32. The molecule has 1 atom stereocenters.